The first-order valence-electron chi connectivity index (χ1n) is 11.2. The second-order valence-corrected chi connectivity index (χ2v) is 13.7. The Balaban J connectivity index is 1.75. The van der Waals surface area contributed by atoms with Gasteiger partial charge < -0.3 is 9.13 Å². The predicted octanol–water partition coefficient (Wildman–Crippen LogP) is 5.25. The van der Waals surface area contributed by atoms with Crippen molar-refractivity contribution in [2.45, 2.75) is 6.92 Å². The molecule has 0 amide bonds. The van der Waals surface area contributed by atoms with Gasteiger partial charge in [0.2, 0.25) is 0 Å². The molecule has 0 spiro atoms. The molecule has 0 aromatic heterocycles. The van der Waals surface area contributed by atoms with Gasteiger partial charge in [-0.25, -0.2) is 0 Å². The van der Waals surface area contributed by atoms with E-state index in [0.717, 1.165) is 21.2 Å². The maximum absolute atomic E-state index is 14.6. The third-order valence-electron chi connectivity index (χ3n) is 5.94. The smallest absolute Gasteiger partial charge is 0.156 e. The van der Waals surface area contributed by atoms with Crippen molar-refractivity contribution < 1.29 is 9.13 Å². The normalized spacial score (nSPS) is 12.1. The molecule has 0 saturated heterocycles. The van der Waals surface area contributed by atoms with E-state index in [4.69, 9.17) is 0 Å². The summed E-state index contributed by atoms with van der Waals surface area (Å²) >= 11 is 0. The average molecular weight is 473 g/mol. The molecule has 0 unspecified atom stereocenters. The Morgan fingerprint density at radius 1 is 0.485 bits per heavy atom. The van der Waals surface area contributed by atoms with Crippen molar-refractivity contribution in [3.63, 3.8) is 0 Å². The van der Waals surface area contributed by atoms with Crippen LogP contribution in [0, 0.1) is 0 Å². The molecule has 3 nitrogen and oxygen atoms in total. The number of hydrogen-bond donors (Lipinski definition) is 0. The van der Waals surface area contributed by atoms with Crippen molar-refractivity contribution >= 4 is 35.5 Å². The molecule has 0 bridgehead atoms. The first-order valence-corrected chi connectivity index (χ1v) is 15.0. The molecule has 0 fully saturated rings. The van der Waals surface area contributed by atoms with E-state index >= 15 is 0 Å². The van der Waals surface area contributed by atoms with Crippen LogP contribution in [-0.2, 0) is 9.13 Å². The van der Waals surface area contributed by atoms with Crippen LogP contribution in [0.4, 0.5) is 0 Å². The van der Waals surface area contributed by atoms with Gasteiger partial charge in [-0.1, -0.05) is 128 Å². The molecule has 0 heterocycles. The summed E-state index contributed by atoms with van der Waals surface area (Å²) in [5.41, 5.74) is 0. The first kappa shape index (κ1) is 23.5. The summed E-state index contributed by atoms with van der Waals surface area (Å²) in [6.07, 6.45) is 0.669. The van der Waals surface area contributed by atoms with Crippen LogP contribution in [-0.4, -0.2) is 24.0 Å². The van der Waals surface area contributed by atoms with Crippen molar-refractivity contribution in [1.82, 2.24) is 4.90 Å². The van der Waals surface area contributed by atoms with E-state index in [-0.39, 0.29) is 0 Å². The van der Waals surface area contributed by atoms with Gasteiger partial charge in [0.1, 0.15) is 0 Å². The van der Waals surface area contributed by atoms with E-state index < -0.39 is 14.3 Å². The van der Waals surface area contributed by atoms with Gasteiger partial charge in [0.05, 0.1) is 12.6 Å². The van der Waals surface area contributed by atoms with E-state index in [0.29, 0.717) is 19.1 Å². The Morgan fingerprint density at radius 3 is 0.939 bits per heavy atom. The Hall–Kier alpha value is -2.70. The maximum Gasteiger partial charge on any atom is 0.156 e. The summed E-state index contributed by atoms with van der Waals surface area (Å²) in [6.45, 7) is 2.69. The highest BCUT2D eigenvalue weighted by atomic mass is 31.2. The lowest BCUT2D eigenvalue weighted by Gasteiger charge is -2.31. The van der Waals surface area contributed by atoms with Crippen LogP contribution in [0.25, 0.3) is 0 Å². The highest BCUT2D eigenvalue weighted by Crippen LogP contribution is 2.48. The molecule has 0 radical (unpaired) electrons. The number of nitrogens with zero attached hydrogens (tertiary/aromatic N) is 1. The first-order chi connectivity index (χ1) is 16.1. The topological polar surface area (TPSA) is 37.4 Å². The molecule has 0 aliphatic heterocycles. The van der Waals surface area contributed by atoms with Crippen molar-refractivity contribution in [3.05, 3.63) is 121 Å². The lowest BCUT2D eigenvalue weighted by atomic mass is 10.4. The van der Waals surface area contributed by atoms with Crippen molar-refractivity contribution in [2.24, 2.45) is 0 Å². The fraction of sp³-hybridized carbons (Fsp3) is 0.143. The standard InChI is InChI=1S/C28H29NO2P2/c1-2-29(23-32(30,25-15-7-3-8-16-25)26-17-9-4-10-18-26)24-33(31,27-19-11-5-12-20-27)28-21-13-6-14-22-28/h3-22H,2,23-24H2,1H3. The zero-order valence-corrected chi connectivity index (χ0v) is 20.6. The minimum Gasteiger partial charge on any atom is -0.312 e. The van der Waals surface area contributed by atoms with Crippen molar-refractivity contribution in [3.8, 4) is 0 Å². The van der Waals surface area contributed by atoms with Gasteiger partial charge in [-0.15, -0.1) is 0 Å². The van der Waals surface area contributed by atoms with Crippen LogP contribution >= 0.6 is 14.3 Å². The fourth-order valence-electron chi connectivity index (χ4n) is 4.11. The Bertz CT molecular complexity index is 1060. The summed E-state index contributed by atoms with van der Waals surface area (Å²) < 4.78 is 29.2. The third kappa shape index (κ3) is 5.12. The Morgan fingerprint density at radius 2 is 0.727 bits per heavy atom. The van der Waals surface area contributed by atoms with Gasteiger partial charge in [0, 0.05) is 21.2 Å². The van der Waals surface area contributed by atoms with Gasteiger partial charge >= 0.3 is 0 Å². The molecule has 0 saturated carbocycles. The minimum atomic E-state index is -2.96. The second-order valence-electron chi connectivity index (χ2n) is 8.09. The quantitative estimate of drug-likeness (QED) is 0.312. The summed E-state index contributed by atoms with van der Waals surface area (Å²) in [4.78, 5) is 2.10. The van der Waals surface area contributed by atoms with Gasteiger partial charge in [0.15, 0.2) is 14.3 Å². The van der Waals surface area contributed by atoms with Crippen LogP contribution in [0.2, 0.25) is 0 Å². The van der Waals surface area contributed by atoms with Crippen LogP contribution in [0.15, 0.2) is 121 Å². The molecule has 4 rings (SSSR count). The number of benzene rings is 4. The second kappa shape index (κ2) is 10.5. The van der Waals surface area contributed by atoms with E-state index in [1.807, 2.05) is 128 Å². The molecule has 0 aliphatic rings. The average Bonchev–Trinajstić information content (AvgIpc) is 2.90. The Labute approximate surface area is 196 Å². The highest BCUT2D eigenvalue weighted by molar-refractivity contribution is 7.79. The van der Waals surface area contributed by atoms with Crippen LogP contribution < -0.4 is 21.2 Å². The SMILES string of the molecule is CCN(CP(=O)(c1ccccc1)c1ccccc1)CP(=O)(c1ccccc1)c1ccccc1. The van der Waals surface area contributed by atoms with Gasteiger partial charge in [-0.3, -0.25) is 4.90 Å². The van der Waals surface area contributed by atoms with Crippen LogP contribution in [0.3, 0.4) is 0 Å². The van der Waals surface area contributed by atoms with Gasteiger partial charge in [-0.05, 0) is 6.54 Å². The van der Waals surface area contributed by atoms with E-state index in [9.17, 15) is 9.13 Å². The predicted molar refractivity (Wildman–Crippen MR) is 142 cm³/mol. The maximum atomic E-state index is 14.6. The zero-order valence-electron chi connectivity index (χ0n) is 18.8. The molecule has 0 atom stereocenters. The molecule has 4 aromatic carbocycles. The van der Waals surface area contributed by atoms with Gasteiger partial charge in [-0.2, -0.15) is 0 Å². The number of hydrogen-bond acceptors (Lipinski definition) is 3. The molecule has 33 heavy (non-hydrogen) atoms. The highest BCUT2D eigenvalue weighted by Gasteiger charge is 2.34. The molecule has 0 N–H and O–H groups in total. The number of rotatable bonds is 9. The molecule has 0 aliphatic carbocycles. The lowest BCUT2D eigenvalue weighted by Crippen LogP contribution is -2.35. The molecular weight excluding hydrogens is 444 g/mol. The summed E-state index contributed by atoms with van der Waals surface area (Å²) in [5, 5.41) is 3.29. The van der Waals surface area contributed by atoms with E-state index in [1.54, 1.807) is 0 Å². The minimum absolute atomic E-state index is 0.335. The lowest BCUT2D eigenvalue weighted by molar-refractivity contribution is 0.380. The summed E-state index contributed by atoms with van der Waals surface area (Å²) in [6, 6.07) is 38.7. The molecular formula is C28H29NO2P2. The van der Waals surface area contributed by atoms with E-state index in [2.05, 4.69) is 4.90 Å². The zero-order chi connectivity index (χ0) is 23.2. The van der Waals surface area contributed by atoms with E-state index in [1.165, 1.54) is 0 Å². The van der Waals surface area contributed by atoms with Crippen molar-refractivity contribution in [1.29, 1.82) is 0 Å². The van der Waals surface area contributed by atoms with Crippen molar-refractivity contribution in [2.75, 3.05) is 19.1 Å². The molecule has 5 heteroatoms. The third-order valence-corrected chi connectivity index (χ3v) is 12.1. The van der Waals surface area contributed by atoms with Crippen LogP contribution in [0.5, 0.6) is 0 Å². The van der Waals surface area contributed by atoms with Crippen LogP contribution in [0.1, 0.15) is 6.92 Å². The fourth-order valence-corrected chi connectivity index (χ4v) is 9.86. The summed E-state index contributed by atoms with van der Waals surface area (Å²) in [7, 11) is -5.92. The molecule has 4 aromatic rings. The van der Waals surface area contributed by atoms with Gasteiger partial charge in [0.25, 0.3) is 0 Å². The Kier molecular flexibility index (Phi) is 7.46. The molecule has 168 valence electrons. The summed E-state index contributed by atoms with van der Waals surface area (Å²) in [5.74, 6) is 0. The monoisotopic (exact) mass is 473 g/mol. The largest absolute Gasteiger partial charge is 0.312 e.